The van der Waals surface area contributed by atoms with E-state index in [4.69, 9.17) is 11.5 Å². The zero-order valence-corrected chi connectivity index (χ0v) is 14.8. The number of nitrogens with one attached hydrogen (secondary N) is 3. The molecule has 0 bridgehead atoms. The Bertz CT molecular complexity index is 601. The van der Waals surface area contributed by atoms with Crippen LogP contribution in [0.15, 0.2) is 18.5 Å². The Hall–Kier alpha value is -1.81. The van der Waals surface area contributed by atoms with E-state index >= 15 is 0 Å². The van der Waals surface area contributed by atoms with Crippen molar-refractivity contribution in [2.45, 2.75) is 37.8 Å². The fourth-order valence-corrected chi connectivity index (χ4v) is 3.57. The normalized spacial score (nSPS) is 25.2. The number of halogens is 1. The van der Waals surface area contributed by atoms with Crippen LogP contribution >= 0.6 is 0 Å². The van der Waals surface area contributed by atoms with Crippen LogP contribution in [-0.2, 0) is 4.79 Å². The molecule has 0 aromatic carbocycles. The summed E-state index contributed by atoms with van der Waals surface area (Å²) in [6, 6.07) is 1.91. The molecule has 1 atom stereocenters. The molecule has 0 spiro atoms. The molecule has 2 aliphatic rings. The number of piperidine rings is 1. The Balaban J connectivity index is 1.73. The van der Waals surface area contributed by atoms with Gasteiger partial charge in [-0.3, -0.25) is 20.4 Å². The highest BCUT2D eigenvalue weighted by Crippen LogP contribution is 2.28. The third-order valence-electron chi connectivity index (χ3n) is 4.95. The van der Waals surface area contributed by atoms with E-state index in [2.05, 4.69) is 25.8 Å². The molecule has 9 heteroatoms. The second-order valence-electron chi connectivity index (χ2n) is 6.92. The van der Waals surface area contributed by atoms with Gasteiger partial charge in [-0.2, -0.15) is 0 Å². The largest absolute Gasteiger partial charge is 0.370 e. The minimum absolute atomic E-state index is 0.167. The summed E-state index contributed by atoms with van der Waals surface area (Å²) < 4.78 is 13.3. The molecule has 3 rings (SSSR count). The molecule has 1 aromatic rings. The Labute approximate surface area is 152 Å². The number of carbonyl (C=O) groups is 1. The number of pyridine rings is 1. The van der Waals surface area contributed by atoms with Gasteiger partial charge in [0.05, 0.1) is 35.8 Å². The van der Waals surface area contributed by atoms with Crippen LogP contribution < -0.4 is 32.3 Å². The highest BCUT2D eigenvalue weighted by atomic mass is 19.1. The van der Waals surface area contributed by atoms with Crippen molar-refractivity contribution in [2.24, 2.45) is 17.4 Å². The number of aromatic nitrogens is 1. The number of hydrogen-bond donors (Lipinski definition) is 5. The summed E-state index contributed by atoms with van der Waals surface area (Å²) in [5, 5.41) is 8.84. The molecule has 144 valence electrons. The Kier molecular flexibility index (Phi) is 6.36. The van der Waals surface area contributed by atoms with E-state index in [1.807, 2.05) is 6.07 Å². The average molecular weight is 365 g/mol. The van der Waals surface area contributed by atoms with Crippen molar-refractivity contribution >= 4 is 17.3 Å². The minimum atomic E-state index is -0.993. The molecular formula is C17H28FN7O. The van der Waals surface area contributed by atoms with Crippen LogP contribution in [0.1, 0.15) is 19.3 Å². The number of anilines is 2. The molecule has 0 aliphatic carbocycles. The predicted octanol–water partition coefficient (Wildman–Crippen LogP) is -0.273. The molecule has 0 saturated carbocycles. The number of amides is 1. The number of alkyl halides is 1. The van der Waals surface area contributed by atoms with Gasteiger partial charge in [-0.25, -0.2) is 4.39 Å². The van der Waals surface area contributed by atoms with Crippen molar-refractivity contribution in [1.82, 2.24) is 15.6 Å². The van der Waals surface area contributed by atoms with Gasteiger partial charge >= 0.3 is 0 Å². The quantitative estimate of drug-likeness (QED) is 0.455. The second-order valence-corrected chi connectivity index (χ2v) is 6.92. The molecule has 1 aromatic heterocycles. The zero-order valence-electron chi connectivity index (χ0n) is 14.8. The van der Waals surface area contributed by atoms with E-state index in [0.29, 0.717) is 5.69 Å². The summed E-state index contributed by atoms with van der Waals surface area (Å²) in [4.78, 5) is 19.3. The topological polar surface area (TPSA) is 121 Å². The summed E-state index contributed by atoms with van der Waals surface area (Å²) in [6.45, 7) is 2.24. The smallest absolute Gasteiger partial charge is 0.233 e. The van der Waals surface area contributed by atoms with Gasteiger partial charge < -0.3 is 21.7 Å². The molecule has 2 fully saturated rings. The first kappa shape index (κ1) is 19.0. The van der Waals surface area contributed by atoms with E-state index in [-0.39, 0.29) is 19.0 Å². The Morgan fingerprint density at radius 3 is 2.62 bits per heavy atom. The van der Waals surface area contributed by atoms with Crippen LogP contribution in [0.2, 0.25) is 0 Å². The molecule has 1 amide bonds. The van der Waals surface area contributed by atoms with Crippen LogP contribution in [0, 0.1) is 5.92 Å². The lowest BCUT2D eigenvalue weighted by molar-refractivity contribution is -0.122. The minimum Gasteiger partial charge on any atom is -0.370 e. The lowest BCUT2D eigenvalue weighted by Crippen LogP contribution is -2.64. The van der Waals surface area contributed by atoms with Gasteiger partial charge in [0.15, 0.2) is 0 Å². The van der Waals surface area contributed by atoms with Crippen LogP contribution in [0.25, 0.3) is 0 Å². The van der Waals surface area contributed by atoms with Gasteiger partial charge in [-0.15, -0.1) is 0 Å². The van der Waals surface area contributed by atoms with Crippen LogP contribution in [-0.4, -0.2) is 55.6 Å². The SMILES string of the molecule is NC(N)C(C(=O)Nc1cnccc1N1CCCCC1)C1NCC(F)CN1. The maximum absolute atomic E-state index is 13.3. The van der Waals surface area contributed by atoms with Gasteiger partial charge in [0.1, 0.15) is 6.17 Å². The molecule has 7 N–H and O–H groups in total. The number of nitrogens with zero attached hydrogens (tertiary/aromatic N) is 2. The van der Waals surface area contributed by atoms with Gasteiger partial charge in [-0.05, 0) is 25.3 Å². The van der Waals surface area contributed by atoms with Gasteiger partial charge in [0.2, 0.25) is 5.91 Å². The lowest BCUT2D eigenvalue weighted by atomic mass is 9.99. The Morgan fingerprint density at radius 2 is 1.96 bits per heavy atom. The maximum atomic E-state index is 13.3. The molecule has 2 aliphatic heterocycles. The maximum Gasteiger partial charge on any atom is 0.233 e. The summed E-state index contributed by atoms with van der Waals surface area (Å²) in [6.07, 6.45) is 4.49. The van der Waals surface area contributed by atoms with Gasteiger partial charge in [0, 0.05) is 32.4 Å². The van der Waals surface area contributed by atoms with Gasteiger partial charge in [0.25, 0.3) is 0 Å². The number of nitrogens with two attached hydrogens (primary N) is 2. The van der Waals surface area contributed by atoms with Crippen molar-refractivity contribution < 1.29 is 9.18 Å². The van der Waals surface area contributed by atoms with Crippen molar-refractivity contribution in [3.8, 4) is 0 Å². The van der Waals surface area contributed by atoms with E-state index in [9.17, 15) is 9.18 Å². The standard InChI is InChI=1S/C17H28FN7O/c18-11-8-22-16(23-9-11)14(15(19)20)17(26)24-12-10-21-5-4-13(12)25-6-2-1-3-7-25/h4-5,10-11,14-16,22-23H,1-3,6-9,19-20H2,(H,24,26). The third-order valence-corrected chi connectivity index (χ3v) is 4.95. The number of rotatable bonds is 5. The molecular weight excluding hydrogens is 337 g/mol. The highest BCUT2D eigenvalue weighted by molar-refractivity contribution is 5.96. The van der Waals surface area contributed by atoms with Crippen molar-refractivity contribution in [3.63, 3.8) is 0 Å². The van der Waals surface area contributed by atoms with E-state index in [0.717, 1.165) is 31.6 Å². The average Bonchev–Trinajstić information content (AvgIpc) is 2.64. The van der Waals surface area contributed by atoms with E-state index < -0.39 is 24.4 Å². The first-order valence-electron chi connectivity index (χ1n) is 9.18. The van der Waals surface area contributed by atoms with Crippen LogP contribution in [0.5, 0.6) is 0 Å². The Morgan fingerprint density at radius 1 is 1.27 bits per heavy atom. The highest BCUT2D eigenvalue weighted by Gasteiger charge is 2.35. The fraction of sp³-hybridized carbons (Fsp3) is 0.647. The van der Waals surface area contributed by atoms with E-state index in [1.54, 1.807) is 12.4 Å². The van der Waals surface area contributed by atoms with E-state index in [1.165, 1.54) is 6.42 Å². The number of hydrogen-bond acceptors (Lipinski definition) is 7. The first-order chi connectivity index (χ1) is 12.6. The first-order valence-corrected chi connectivity index (χ1v) is 9.18. The molecule has 2 saturated heterocycles. The predicted molar refractivity (Wildman–Crippen MR) is 99.3 cm³/mol. The monoisotopic (exact) mass is 365 g/mol. The van der Waals surface area contributed by atoms with Crippen LogP contribution in [0.3, 0.4) is 0 Å². The molecule has 1 unspecified atom stereocenters. The molecule has 0 radical (unpaired) electrons. The van der Waals surface area contributed by atoms with Crippen molar-refractivity contribution in [2.75, 3.05) is 36.4 Å². The molecule has 26 heavy (non-hydrogen) atoms. The summed E-state index contributed by atoms with van der Waals surface area (Å²) in [5.41, 5.74) is 13.3. The summed E-state index contributed by atoms with van der Waals surface area (Å²) in [7, 11) is 0. The second kappa shape index (κ2) is 8.72. The molecule has 3 heterocycles. The number of carbonyl (C=O) groups excluding carboxylic acids is 1. The summed E-state index contributed by atoms with van der Waals surface area (Å²) >= 11 is 0. The third kappa shape index (κ3) is 4.47. The zero-order chi connectivity index (χ0) is 18.5. The summed E-state index contributed by atoms with van der Waals surface area (Å²) in [5.74, 6) is -1.05. The van der Waals surface area contributed by atoms with Crippen molar-refractivity contribution in [3.05, 3.63) is 18.5 Å². The lowest BCUT2D eigenvalue weighted by Gasteiger charge is -2.35. The fourth-order valence-electron chi connectivity index (χ4n) is 3.57. The van der Waals surface area contributed by atoms with Crippen molar-refractivity contribution in [1.29, 1.82) is 0 Å². The van der Waals surface area contributed by atoms with Crippen LogP contribution in [0.4, 0.5) is 15.8 Å². The van der Waals surface area contributed by atoms with Gasteiger partial charge in [-0.1, -0.05) is 0 Å². The molecule has 8 nitrogen and oxygen atoms in total.